The number of fused-ring (bicyclic) bond motifs is 1. The van der Waals surface area contributed by atoms with E-state index in [4.69, 9.17) is 4.42 Å². The number of amides is 1. The molecule has 0 spiro atoms. The van der Waals surface area contributed by atoms with Crippen LogP contribution in [0.1, 0.15) is 19.7 Å². The minimum absolute atomic E-state index is 0.000401. The largest absolute Gasteiger partial charge is 0.441 e. The molecule has 0 bridgehead atoms. The lowest BCUT2D eigenvalue weighted by molar-refractivity contribution is -0.118. The smallest absolute Gasteiger partial charge is 0.226 e. The fourth-order valence-corrected chi connectivity index (χ4v) is 1.41. The van der Waals surface area contributed by atoms with Crippen LogP contribution in [0.4, 0.5) is 5.69 Å². The number of benzene rings is 1. The zero-order chi connectivity index (χ0) is 11.7. The molecule has 1 aromatic heterocycles. The van der Waals surface area contributed by atoms with E-state index in [0.717, 1.165) is 16.8 Å². The maximum atomic E-state index is 11.5. The Hall–Kier alpha value is -1.84. The first kappa shape index (κ1) is 10.7. The fraction of sp³-hybridized carbons (Fsp3) is 0.333. The van der Waals surface area contributed by atoms with Gasteiger partial charge in [-0.15, -0.1) is 0 Å². The number of hydrogen-bond donors (Lipinski definition) is 1. The number of aryl methyl sites for hydroxylation is 1. The van der Waals surface area contributed by atoms with Gasteiger partial charge < -0.3 is 9.73 Å². The topological polar surface area (TPSA) is 55.1 Å². The molecule has 84 valence electrons. The highest BCUT2D eigenvalue weighted by Crippen LogP contribution is 2.19. The van der Waals surface area contributed by atoms with Crippen LogP contribution in [0.15, 0.2) is 22.6 Å². The van der Waals surface area contributed by atoms with Gasteiger partial charge in [-0.25, -0.2) is 4.98 Å². The Morgan fingerprint density at radius 3 is 2.88 bits per heavy atom. The van der Waals surface area contributed by atoms with E-state index >= 15 is 0 Å². The normalized spacial score (nSPS) is 11.0. The van der Waals surface area contributed by atoms with Gasteiger partial charge in [-0.2, -0.15) is 0 Å². The zero-order valence-corrected chi connectivity index (χ0v) is 9.57. The Morgan fingerprint density at radius 2 is 2.19 bits per heavy atom. The molecule has 0 saturated carbocycles. The summed E-state index contributed by atoms with van der Waals surface area (Å²) in [6, 6.07) is 5.44. The second kappa shape index (κ2) is 3.96. The minimum atomic E-state index is -0.0326. The van der Waals surface area contributed by atoms with Gasteiger partial charge in [0.05, 0.1) is 0 Å². The standard InChI is InChI=1S/C12H14N2O2/c1-7(2)12(15)14-9-4-5-11-10(6-9)13-8(3)16-11/h4-7H,1-3H3,(H,14,15). The van der Waals surface area contributed by atoms with Crippen LogP contribution in [-0.4, -0.2) is 10.9 Å². The first-order chi connectivity index (χ1) is 7.56. The molecule has 0 unspecified atom stereocenters. The summed E-state index contributed by atoms with van der Waals surface area (Å²) in [6.07, 6.45) is 0. The molecule has 0 aliphatic rings. The van der Waals surface area contributed by atoms with Gasteiger partial charge >= 0.3 is 0 Å². The van der Waals surface area contributed by atoms with Crippen LogP contribution in [-0.2, 0) is 4.79 Å². The number of hydrogen-bond acceptors (Lipinski definition) is 3. The van der Waals surface area contributed by atoms with Crippen molar-refractivity contribution in [3.05, 3.63) is 24.1 Å². The van der Waals surface area contributed by atoms with Crippen LogP contribution in [0.3, 0.4) is 0 Å². The first-order valence-corrected chi connectivity index (χ1v) is 5.24. The molecule has 16 heavy (non-hydrogen) atoms. The fourth-order valence-electron chi connectivity index (χ4n) is 1.41. The second-order valence-electron chi connectivity index (χ2n) is 4.06. The lowest BCUT2D eigenvalue weighted by Crippen LogP contribution is -2.17. The van der Waals surface area contributed by atoms with E-state index in [1.165, 1.54) is 0 Å². The number of nitrogens with one attached hydrogen (secondary N) is 1. The Balaban J connectivity index is 2.29. The summed E-state index contributed by atoms with van der Waals surface area (Å²) in [5.41, 5.74) is 2.25. The quantitative estimate of drug-likeness (QED) is 0.843. The Bertz CT molecular complexity index is 529. The third-order valence-electron chi connectivity index (χ3n) is 2.29. The minimum Gasteiger partial charge on any atom is -0.441 e. The zero-order valence-electron chi connectivity index (χ0n) is 9.57. The molecule has 0 atom stereocenters. The molecule has 2 aromatic rings. The van der Waals surface area contributed by atoms with Gasteiger partial charge in [-0.05, 0) is 18.2 Å². The molecule has 1 amide bonds. The van der Waals surface area contributed by atoms with E-state index in [9.17, 15) is 4.79 Å². The van der Waals surface area contributed by atoms with Gasteiger partial charge in [0.1, 0.15) is 5.52 Å². The molecule has 0 fully saturated rings. The van der Waals surface area contributed by atoms with Crippen molar-refractivity contribution in [2.75, 3.05) is 5.32 Å². The van der Waals surface area contributed by atoms with Crippen molar-refractivity contribution in [2.45, 2.75) is 20.8 Å². The number of aromatic nitrogens is 1. The predicted molar refractivity (Wildman–Crippen MR) is 62.2 cm³/mol. The van der Waals surface area contributed by atoms with Crippen molar-refractivity contribution in [1.82, 2.24) is 4.98 Å². The van der Waals surface area contributed by atoms with Crippen molar-refractivity contribution < 1.29 is 9.21 Å². The van der Waals surface area contributed by atoms with Crippen LogP contribution in [0, 0.1) is 12.8 Å². The molecule has 0 saturated heterocycles. The van der Waals surface area contributed by atoms with Crippen molar-refractivity contribution in [3.8, 4) is 0 Å². The molecule has 1 N–H and O–H groups in total. The predicted octanol–water partition coefficient (Wildman–Crippen LogP) is 2.73. The first-order valence-electron chi connectivity index (χ1n) is 5.24. The van der Waals surface area contributed by atoms with Gasteiger partial charge in [0.2, 0.25) is 5.91 Å². The molecule has 4 heteroatoms. The summed E-state index contributed by atoms with van der Waals surface area (Å²) >= 11 is 0. The van der Waals surface area contributed by atoms with Gasteiger partial charge in [0.25, 0.3) is 0 Å². The average Bonchev–Trinajstić information content (AvgIpc) is 2.57. The van der Waals surface area contributed by atoms with E-state index in [0.29, 0.717) is 5.89 Å². The Morgan fingerprint density at radius 1 is 1.44 bits per heavy atom. The summed E-state index contributed by atoms with van der Waals surface area (Å²) < 4.78 is 5.35. The number of carbonyl (C=O) groups excluding carboxylic acids is 1. The third-order valence-corrected chi connectivity index (χ3v) is 2.29. The monoisotopic (exact) mass is 218 g/mol. The second-order valence-corrected chi connectivity index (χ2v) is 4.06. The lowest BCUT2D eigenvalue weighted by atomic mass is 10.2. The van der Waals surface area contributed by atoms with E-state index < -0.39 is 0 Å². The number of oxazole rings is 1. The van der Waals surface area contributed by atoms with E-state index in [1.54, 1.807) is 6.92 Å². The highest BCUT2D eigenvalue weighted by atomic mass is 16.3. The number of nitrogens with zero attached hydrogens (tertiary/aromatic N) is 1. The molecule has 1 heterocycles. The molecule has 0 radical (unpaired) electrons. The van der Waals surface area contributed by atoms with E-state index in [-0.39, 0.29) is 11.8 Å². The van der Waals surface area contributed by atoms with Crippen LogP contribution < -0.4 is 5.32 Å². The van der Waals surface area contributed by atoms with Crippen LogP contribution in [0.25, 0.3) is 11.1 Å². The highest BCUT2D eigenvalue weighted by molar-refractivity contribution is 5.93. The summed E-state index contributed by atoms with van der Waals surface area (Å²) in [4.78, 5) is 15.7. The van der Waals surface area contributed by atoms with Crippen LogP contribution in [0.2, 0.25) is 0 Å². The Labute approximate surface area is 93.7 Å². The molecule has 4 nitrogen and oxygen atoms in total. The molecule has 1 aromatic carbocycles. The maximum absolute atomic E-state index is 11.5. The third kappa shape index (κ3) is 2.05. The maximum Gasteiger partial charge on any atom is 0.226 e. The Kier molecular flexibility index (Phi) is 2.64. The average molecular weight is 218 g/mol. The van der Waals surface area contributed by atoms with Gasteiger partial charge in [-0.3, -0.25) is 4.79 Å². The van der Waals surface area contributed by atoms with Crippen LogP contribution in [0.5, 0.6) is 0 Å². The summed E-state index contributed by atoms with van der Waals surface area (Å²) in [7, 11) is 0. The lowest BCUT2D eigenvalue weighted by Gasteiger charge is -2.06. The molecular weight excluding hydrogens is 204 g/mol. The molecule has 2 rings (SSSR count). The summed E-state index contributed by atoms with van der Waals surface area (Å²) in [5.74, 6) is 0.594. The number of anilines is 1. The number of rotatable bonds is 2. The number of carbonyl (C=O) groups is 1. The molecular formula is C12H14N2O2. The molecule has 0 aliphatic heterocycles. The van der Waals surface area contributed by atoms with Crippen molar-refractivity contribution in [3.63, 3.8) is 0 Å². The van der Waals surface area contributed by atoms with E-state index in [1.807, 2.05) is 32.0 Å². The SMILES string of the molecule is Cc1nc2cc(NC(=O)C(C)C)ccc2o1. The van der Waals surface area contributed by atoms with Gasteiger partial charge in [0, 0.05) is 18.5 Å². The van der Waals surface area contributed by atoms with Crippen molar-refractivity contribution in [2.24, 2.45) is 5.92 Å². The van der Waals surface area contributed by atoms with Crippen LogP contribution >= 0.6 is 0 Å². The summed E-state index contributed by atoms with van der Waals surface area (Å²) in [6.45, 7) is 5.51. The van der Waals surface area contributed by atoms with Gasteiger partial charge in [0.15, 0.2) is 11.5 Å². The highest BCUT2D eigenvalue weighted by Gasteiger charge is 2.08. The van der Waals surface area contributed by atoms with Gasteiger partial charge in [-0.1, -0.05) is 13.8 Å². The van der Waals surface area contributed by atoms with E-state index in [2.05, 4.69) is 10.3 Å². The van der Waals surface area contributed by atoms with Crippen molar-refractivity contribution >= 4 is 22.7 Å². The molecule has 0 aliphatic carbocycles. The van der Waals surface area contributed by atoms with Crippen molar-refractivity contribution in [1.29, 1.82) is 0 Å². The summed E-state index contributed by atoms with van der Waals surface area (Å²) in [5, 5.41) is 2.82.